The van der Waals surface area contributed by atoms with Crippen molar-refractivity contribution in [3.8, 4) is 0 Å². The van der Waals surface area contributed by atoms with Gasteiger partial charge in [0.15, 0.2) is 0 Å². The van der Waals surface area contributed by atoms with Crippen molar-refractivity contribution < 1.29 is 9.53 Å². The highest BCUT2D eigenvalue weighted by Gasteiger charge is 2.23. The van der Waals surface area contributed by atoms with Crippen LogP contribution in [0.4, 0.5) is 5.69 Å². The molecule has 0 aromatic carbocycles. The van der Waals surface area contributed by atoms with E-state index in [1.165, 1.54) is 42.5 Å². The molecule has 0 bridgehead atoms. The van der Waals surface area contributed by atoms with Gasteiger partial charge in [0.1, 0.15) is 9.71 Å². The van der Waals surface area contributed by atoms with Crippen LogP contribution in [-0.4, -0.2) is 18.1 Å². The lowest BCUT2D eigenvalue weighted by atomic mass is 9.85. The molecule has 0 spiro atoms. The molecule has 1 unspecified atom stereocenters. The number of rotatable bonds is 2. The molecule has 2 aromatic rings. The van der Waals surface area contributed by atoms with Crippen LogP contribution in [0.2, 0.25) is 0 Å². The minimum atomic E-state index is -0.380. The highest BCUT2D eigenvalue weighted by molar-refractivity contribution is 7.21. The largest absolute Gasteiger partial charge is 0.465 e. The molecule has 4 nitrogen and oxygen atoms in total. The number of aromatic nitrogens is 1. The van der Waals surface area contributed by atoms with E-state index in [-0.39, 0.29) is 5.97 Å². The van der Waals surface area contributed by atoms with Crippen molar-refractivity contribution in [2.45, 2.75) is 32.6 Å². The van der Waals surface area contributed by atoms with Crippen LogP contribution < -0.4 is 5.73 Å². The number of methoxy groups -OCH3 is 1. The van der Waals surface area contributed by atoms with Gasteiger partial charge in [0.2, 0.25) is 0 Å². The number of nitrogens with zero attached hydrogens (tertiary/aromatic N) is 1. The Bertz CT molecular complexity index is 678. The van der Waals surface area contributed by atoms with E-state index in [1.54, 1.807) is 0 Å². The van der Waals surface area contributed by atoms with Gasteiger partial charge < -0.3 is 10.5 Å². The summed E-state index contributed by atoms with van der Waals surface area (Å²) in [6.45, 7) is 2.23. The first-order chi connectivity index (χ1) is 9.63. The van der Waals surface area contributed by atoms with Crippen molar-refractivity contribution in [1.29, 1.82) is 0 Å². The summed E-state index contributed by atoms with van der Waals surface area (Å²) >= 11 is 1.33. The molecule has 5 heteroatoms. The maximum absolute atomic E-state index is 11.7. The average molecular weight is 290 g/mol. The average Bonchev–Trinajstić information content (AvgIpc) is 2.80. The van der Waals surface area contributed by atoms with Crippen molar-refractivity contribution in [1.82, 2.24) is 4.98 Å². The van der Waals surface area contributed by atoms with Crippen LogP contribution in [0.25, 0.3) is 10.2 Å². The molecule has 0 radical (unpaired) electrons. The van der Waals surface area contributed by atoms with Gasteiger partial charge in [0, 0.05) is 11.1 Å². The molecule has 2 heterocycles. The van der Waals surface area contributed by atoms with E-state index in [1.807, 2.05) is 0 Å². The summed E-state index contributed by atoms with van der Waals surface area (Å²) in [5.41, 5.74) is 9.05. The number of nitrogens with two attached hydrogens (primary N) is 1. The summed E-state index contributed by atoms with van der Waals surface area (Å²) in [6, 6.07) is 2.12. The highest BCUT2D eigenvalue weighted by atomic mass is 32.1. The highest BCUT2D eigenvalue weighted by Crippen LogP contribution is 2.36. The summed E-state index contributed by atoms with van der Waals surface area (Å²) < 4.78 is 4.77. The number of aryl methyl sites for hydroxylation is 1. The first kappa shape index (κ1) is 13.4. The quantitative estimate of drug-likeness (QED) is 0.863. The fourth-order valence-corrected chi connectivity index (χ4v) is 3.87. The lowest BCUT2D eigenvalue weighted by molar-refractivity contribution is 0.0607. The van der Waals surface area contributed by atoms with E-state index < -0.39 is 0 Å². The van der Waals surface area contributed by atoms with E-state index in [2.05, 4.69) is 13.0 Å². The standard InChI is InChI=1S/C15H18N2O2S/c1-3-8-4-5-11-9(6-8)7-10-12(16)13(15(18)19-2)20-14(10)17-11/h7-8H,3-6,16H2,1-2H3. The smallest absolute Gasteiger partial charge is 0.350 e. The van der Waals surface area contributed by atoms with Crippen molar-refractivity contribution in [2.75, 3.05) is 12.8 Å². The summed E-state index contributed by atoms with van der Waals surface area (Å²) in [7, 11) is 1.37. The number of anilines is 1. The SMILES string of the molecule is CCC1CCc2nc3sc(C(=O)OC)c(N)c3cc2C1. The van der Waals surface area contributed by atoms with Gasteiger partial charge in [-0.05, 0) is 36.8 Å². The molecule has 0 saturated carbocycles. The fourth-order valence-electron chi connectivity index (χ4n) is 2.86. The van der Waals surface area contributed by atoms with Gasteiger partial charge in [0.25, 0.3) is 0 Å². The van der Waals surface area contributed by atoms with Crippen LogP contribution in [0, 0.1) is 5.92 Å². The van der Waals surface area contributed by atoms with E-state index in [4.69, 9.17) is 15.5 Å². The number of hydrogen-bond donors (Lipinski definition) is 1. The van der Waals surface area contributed by atoms with Gasteiger partial charge in [0.05, 0.1) is 12.8 Å². The van der Waals surface area contributed by atoms with E-state index in [9.17, 15) is 4.79 Å². The van der Waals surface area contributed by atoms with Gasteiger partial charge in [-0.1, -0.05) is 13.3 Å². The van der Waals surface area contributed by atoms with Crippen LogP contribution in [0.5, 0.6) is 0 Å². The Morgan fingerprint density at radius 3 is 3.10 bits per heavy atom. The Morgan fingerprint density at radius 2 is 2.40 bits per heavy atom. The zero-order valence-corrected chi connectivity index (χ0v) is 12.5. The first-order valence-electron chi connectivity index (χ1n) is 6.93. The second kappa shape index (κ2) is 5.05. The van der Waals surface area contributed by atoms with Crippen LogP contribution in [-0.2, 0) is 17.6 Å². The Morgan fingerprint density at radius 1 is 1.60 bits per heavy atom. The Labute approximate surface area is 122 Å². The van der Waals surface area contributed by atoms with Crippen molar-refractivity contribution in [3.63, 3.8) is 0 Å². The summed E-state index contributed by atoms with van der Waals surface area (Å²) in [5, 5.41) is 0.894. The Balaban J connectivity index is 2.11. The number of pyridine rings is 1. The van der Waals surface area contributed by atoms with Gasteiger partial charge in [-0.3, -0.25) is 0 Å². The number of carbonyl (C=O) groups excluding carboxylic acids is 1. The lowest BCUT2D eigenvalue weighted by Gasteiger charge is -2.22. The summed E-state index contributed by atoms with van der Waals surface area (Å²) in [4.78, 5) is 17.7. The van der Waals surface area contributed by atoms with E-state index in [0.29, 0.717) is 10.6 Å². The maximum Gasteiger partial charge on any atom is 0.350 e. The maximum atomic E-state index is 11.7. The number of nitrogen functional groups attached to an aromatic ring is 1. The van der Waals surface area contributed by atoms with Crippen LogP contribution in [0.3, 0.4) is 0 Å². The van der Waals surface area contributed by atoms with Crippen molar-refractivity contribution >= 4 is 33.2 Å². The minimum Gasteiger partial charge on any atom is -0.465 e. The number of ether oxygens (including phenoxy) is 1. The molecule has 1 aliphatic rings. The molecule has 0 amide bonds. The number of esters is 1. The predicted molar refractivity (Wildman–Crippen MR) is 81.2 cm³/mol. The van der Waals surface area contributed by atoms with Gasteiger partial charge in [-0.25, -0.2) is 9.78 Å². The van der Waals surface area contributed by atoms with Crippen LogP contribution >= 0.6 is 11.3 Å². The molecule has 0 fully saturated rings. The second-order valence-electron chi connectivity index (χ2n) is 5.30. The molecule has 106 valence electrons. The second-order valence-corrected chi connectivity index (χ2v) is 6.30. The molecular weight excluding hydrogens is 272 g/mol. The summed E-state index contributed by atoms with van der Waals surface area (Å²) in [6.07, 6.45) is 4.49. The molecule has 0 aliphatic heterocycles. The van der Waals surface area contributed by atoms with Crippen molar-refractivity contribution in [2.24, 2.45) is 5.92 Å². The number of fused-ring (bicyclic) bond motifs is 2. The van der Waals surface area contributed by atoms with Crippen LogP contribution in [0.15, 0.2) is 6.07 Å². The van der Waals surface area contributed by atoms with Gasteiger partial charge in [-0.15, -0.1) is 11.3 Å². The van der Waals surface area contributed by atoms with E-state index >= 15 is 0 Å². The molecule has 20 heavy (non-hydrogen) atoms. The lowest BCUT2D eigenvalue weighted by Crippen LogP contribution is -2.14. The topological polar surface area (TPSA) is 65.2 Å². The molecule has 2 aromatic heterocycles. The third-order valence-electron chi connectivity index (χ3n) is 4.14. The third kappa shape index (κ3) is 2.06. The molecule has 1 aliphatic carbocycles. The molecule has 2 N–H and O–H groups in total. The zero-order valence-electron chi connectivity index (χ0n) is 11.7. The Kier molecular flexibility index (Phi) is 3.38. The van der Waals surface area contributed by atoms with Gasteiger partial charge >= 0.3 is 5.97 Å². The zero-order chi connectivity index (χ0) is 14.3. The Hall–Kier alpha value is -1.62. The third-order valence-corrected chi connectivity index (χ3v) is 5.23. The van der Waals surface area contributed by atoms with Crippen molar-refractivity contribution in [3.05, 3.63) is 22.2 Å². The molecule has 1 atom stereocenters. The van der Waals surface area contributed by atoms with E-state index in [0.717, 1.165) is 29.0 Å². The summed E-state index contributed by atoms with van der Waals surface area (Å²) in [5.74, 6) is 0.358. The first-order valence-corrected chi connectivity index (χ1v) is 7.74. The number of hydrogen-bond acceptors (Lipinski definition) is 5. The number of carbonyl (C=O) groups is 1. The molecular formula is C15H18N2O2S. The predicted octanol–water partition coefficient (Wildman–Crippen LogP) is 3.18. The minimum absolute atomic E-state index is 0.380. The monoisotopic (exact) mass is 290 g/mol. The number of thiophene rings is 1. The van der Waals surface area contributed by atoms with Crippen LogP contribution in [0.1, 0.15) is 40.7 Å². The normalized spacial score (nSPS) is 18.0. The molecule has 3 rings (SSSR count). The fraction of sp³-hybridized carbons (Fsp3) is 0.467. The van der Waals surface area contributed by atoms with Gasteiger partial charge in [-0.2, -0.15) is 0 Å². The molecule has 0 saturated heterocycles.